The molecule has 1 N–H and O–H groups in total. The molecule has 1 aromatic heterocycles. The van der Waals surface area contributed by atoms with Crippen molar-refractivity contribution >= 4 is 27.3 Å². The third-order valence-electron chi connectivity index (χ3n) is 3.29. The van der Waals surface area contributed by atoms with Crippen molar-refractivity contribution < 1.29 is 4.39 Å². The average molecular weight is 356 g/mol. The lowest BCUT2D eigenvalue weighted by molar-refractivity contribution is 0.551. The van der Waals surface area contributed by atoms with Gasteiger partial charge >= 0.3 is 0 Å². The summed E-state index contributed by atoms with van der Waals surface area (Å²) < 4.78 is 14.3. The van der Waals surface area contributed by atoms with Crippen molar-refractivity contribution in [1.82, 2.24) is 5.32 Å². The zero-order valence-corrected chi connectivity index (χ0v) is 14.2. The number of halogens is 2. The standard InChI is InChI=1S/C16H19BrFNS/c1-3-12-5-6-20-16(12)15(19-4-2)9-11-7-13(17)10-14(18)8-11/h5-8,10,15,19H,3-4,9H2,1-2H3. The molecule has 4 heteroatoms. The van der Waals surface area contributed by atoms with Crippen LogP contribution >= 0.6 is 27.3 Å². The highest BCUT2D eigenvalue weighted by Gasteiger charge is 2.16. The Balaban J connectivity index is 2.25. The largest absolute Gasteiger partial charge is 0.309 e. The van der Waals surface area contributed by atoms with Gasteiger partial charge in [-0.2, -0.15) is 0 Å². The van der Waals surface area contributed by atoms with Crippen LogP contribution in [0.2, 0.25) is 0 Å². The maximum atomic E-state index is 13.5. The van der Waals surface area contributed by atoms with Gasteiger partial charge in [-0.15, -0.1) is 11.3 Å². The molecular weight excluding hydrogens is 337 g/mol. The summed E-state index contributed by atoms with van der Waals surface area (Å²) in [4.78, 5) is 1.37. The van der Waals surface area contributed by atoms with E-state index in [1.54, 1.807) is 17.4 Å². The minimum Gasteiger partial charge on any atom is -0.309 e. The third-order valence-corrected chi connectivity index (χ3v) is 4.82. The molecule has 1 heterocycles. The minimum absolute atomic E-state index is 0.188. The molecule has 0 spiro atoms. The third kappa shape index (κ3) is 3.90. The van der Waals surface area contributed by atoms with E-state index in [4.69, 9.17) is 0 Å². The van der Waals surface area contributed by atoms with Gasteiger partial charge in [-0.3, -0.25) is 0 Å². The Bertz CT molecular complexity index is 547. The van der Waals surface area contributed by atoms with E-state index in [-0.39, 0.29) is 11.9 Å². The van der Waals surface area contributed by atoms with E-state index >= 15 is 0 Å². The Hall–Kier alpha value is -0.710. The van der Waals surface area contributed by atoms with Crippen molar-refractivity contribution in [2.75, 3.05) is 6.54 Å². The summed E-state index contributed by atoms with van der Waals surface area (Å²) in [5, 5.41) is 5.66. The maximum absolute atomic E-state index is 13.5. The number of nitrogens with one attached hydrogen (secondary N) is 1. The molecule has 0 amide bonds. The first-order valence-electron chi connectivity index (χ1n) is 6.88. The average Bonchev–Trinajstić information content (AvgIpc) is 2.85. The number of hydrogen-bond acceptors (Lipinski definition) is 2. The van der Waals surface area contributed by atoms with Gasteiger partial charge in [0.2, 0.25) is 0 Å². The molecule has 0 bridgehead atoms. The Kier molecular flexibility index (Phi) is 5.75. The molecule has 0 saturated carbocycles. The molecule has 1 nitrogen and oxygen atoms in total. The van der Waals surface area contributed by atoms with Crippen molar-refractivity contribution in [3.63, 3.8) is 0 Å². The molecule has 0 aliphatic rings. The highest BCUT2D eigenvalue weighted by atomic mass is 79.9. The molecule has 1 unspecified atom stereocenters. The summed E-state index contributed by atoms with van der Waals surface area (Å²) in [5.41, 5.74) is 2.40. The van der Waals surface area contributed by atoms with Crippen molar-refractivity contribution in [1.29, 1.82) is 0 Å². The molecule has 0 fully saturated rings. The second-order valence-electron chi connectivity index (χ2n) is 4.76. The molecule has 0 aliphatic heterocycles. The predicted octanol–water partition coefficient (Wildman–Crippen LogP) is 5.11. The molecule has 20 heavy (non-hydrogen) atoms. The van der Waals surface area contributed by atoms with Crippen LogP contribution in [0.3, 0.4) is 0 Å². The fourth-order valence-electron chi connectivity index (χ4n) is 2.41. The molecule has 2 aromatic rings. The van der Waals surface area contributed by atoms with Crippen LogP contribution in [-0.4, -0.2) is 6.54 Å². The fourth-order valence-corrected chi connectivity index (χ4v) is 4.00. The SMILES string of the molecule is CCNC(Cc1cc(F)cc(Br)c1)c1sccc1CC. The quantitative estimate of drug-likeness (QED) is 0.759. The van der Waals surface area contributed by atoms with E-state index in [0.717, 1.165) is 29.4 Å². The summed E-state index contributed by atoms with van der Waals surface area (Å²) in [5.74, 6) is -0.188. The number of likely N-dealkylation sites (N-methyl/N-ethyl adjacent to an activating group) is 1. The Morgan fingerprint density at radius 3 is 2.75 bits per heavy atom. The fraction of sp³-hybridized carbons (Fsp3) is 0.375. The van der Waals surface area contributed by atoms with Gasteiger partial charge in [-0.25, -0.2) is 4.39 Å². The van der Waals surface area contributed by atoms with Crippen LogP contribution in [0.4, 0.5) is 4.39 Å². The highest BCUT2D eigenvalue weighted by molar-refractivity contribution is 9.10. The van der Waals surface area contributed by atoms with Gasteiger partial charge in [-0.05, 0) is 60.2 Å². The number of hydrogen-bond donors (Lipinski definition) is 1. The van der Waals surface area contributed by atoms with Gasteiger partial charge in [0.05, 0.1) is 0 Å². The van der Waals surface area contributed by atoms with Gasteiger partial charge in [0.1, 0.15) is 5.82 Å². The molecule has 108 valence electrons. The van der Waals surface area contributed by atoms with E-state index in [0.29, 0.717) is 0 Å². The topological polar surface area (TPSA) is 12.0 Å². The summed E-state index contributed by atoms with van der Waals surface area (Å²) in [7, 11) is 0. The van der Waals surface area contributed by atoms with Gasteiger partial charge in [0.15, 0.2) is 0 Å². The van der Waals surface area contributed by atoms with Crippen molar-refractivity contribution in [2.45, 2.75) is 32.7 Å². The zero-order chi connectivity index (χ0) is 14.5. The van der Waals surface area contributed by atoms with E-state index in [1.165, 1.54) is 16.5 Å². The normalized spacial score (nSPS) is 12.6. The van der Waals surface area contributed by atoms with Crippen LogP contribution in [0.5, 0.6) is 0 Å². The molecule has 0 saturated heterocycles. The van der Waals surface area contributed by atoms with Crippen LogP contribution in [0, 0.1) is 5.82 Å². The van der Waals surface area contributed by atoms with E-state index < -0.39 is 0 Å². The summed E-state index contributed by atoms with van der Waals surface area (Å²) in [6.07, 6.45) is 1.84. The molecular formula is C16H19BrFNS. The van der Waals surface area contributed by atoms with E-state index in [1.807, 2.05) is 6.07 Å². The molecule has 0 aliphatic carbocycles. The van der Waals surface area contributed by atoms with Gasteiger partial charge in [-0.1, -0.05) is 29.8 Å². The summed E-state index contributed by atoms with van der Waals surface area (Å²) in [6, 6.07) is 7.55. The maximum Gasteiger partial charge on any atom is 0.124 e. The molecule has 1 atom stereocenters. The molecule has 2 rings (SSSR count). The second kappa shape index (κ2) is 7.34. The monoisotopic (exact) mass is 355 g/mol. The second-order valence-corrected chi connectivity index (χ2v) is 6.62. The predicted molar refractivity (Wildman–Crippen MR) is 87.9 cm³/mol. The summed E-state index contributed by atoms with van der Waals surface area (Å²) in [6.45, 7) is 5.18. The molecule has 1 aromatic carbocycles. The van der Waals surface area contributed by atoms with E-state index in [9.17, 15) is 4.39 Å². The number of rotatable bonds is 6. The van der Waals surface area contributed by atoms with Crippen LogP contribution in [0.1, 0.15) is 35.9 Å². The zero-order valence-electron chi connectivity index (χ0n) is 11.7. The van der Waals surface area contributed by atoms with Crippen LogP contribution in [-0.2, 0) is 12.8 Å². The van der Waals surface area contributed by atoms with Crippen molar-refractivity contribution in [3.05, 3.63) is 55.9 Å². The number of benzene rings is 1. The highest BCUT2D eigenvalue weighted by Crippen LogP contribution is 2.28. The first-order valence-corrected chi connectivity index (χ1v) is 8.55. The number of thiophene rings is 1. The van der Waals surface area contributed by atoms with Crippen LogP contribution in [0.15, 0.2) is 34.1 Å². The Morgan fingerprint density at radius 2 is 2.10 bits per heavy atom. The lowest BCUT2D eigenvalue weighted by atomic mass is 10.0. The minimum atomic E-state index is -0.188. The first kappa shape index (κ1) is 15.7. The summed E-state index contributed by atoms with van der Waals surface area (Å²) >= 11 is 5.14. The van der Waals surface area contributed by atoms with Crippen molar-refractivity contribution in [3.8, 4) is 0 Å². The lowest BCUT2D eigenvalue weighted by Crippen LogP contribution is -2.23. The van der Waals surface area contributed by atoms with Crippen LogP contribution < -0.4 is 5.32 Å². The Morgan fingerprint density at radius 1 is 1.30 bits per heavy atom. The van der Waals surface area contributed by atoms with E-state index in [2.05, 4.69) is 46.5 Å². The smallest absolute Gasteiger partial charge is 0.124 e. The Labute approximate surface area is 132 Å². The van der Waals surface area contributed by atoms with Crippen LogP contribution in [0.25, 0.3) is 0 Å². The van der Waals surface area contributed by atoms with Gasteiger partial charge < -0.3 is 5.32 Å². The lowest BCUT2D eigenvalue weighted by Gasteiger charge is -2.18. The van der Waals surface area contributed by atoms with Crippen molar-refractivity contribution in [2.24, 2.45) is 0 Å². The van der Waals surface area contributed by atoms with Gasteiger partial charge in [0, 0.05) is 15.4 Å². The first-order chi connectivity index (χ1) is 9.63. The number of aryl methyl sites for hydroxylation is 1. The molecule has 0 radical (unpaired) electrons. The van der Waals surface area contributed by atoms with Gasteiger partial charge in [0.25, 0.3) is 0 Å².